The fourth-order valence-electron chi connectivity index (χ4n) is 2.89. The number of hydrogen-bond donors (Lipinski definition) is 2. The number of amides is 1. The first kappa shape index (κ1) is 14.6. The molecule has 1 fully saturated rings. The third kappa shape index (κ3) is 2.44. The Morgan fingerprint density at radius 2 is 2.10 bits per heavy atom. The van der Waals surface area contributed by atoms with Crippen LogP contribution in [0.5, 0.6) is 0 Å². The SMILES string of the molecule is Cc1ccc(C(=O)NC2CCCCC2(C)C(=O)O)n1C. The zero-order chi connectivity index (χ0) is 14.9. The summed E-state index contributed by atoms with van der Waals surface area (Å²) in [5.74, 6) is -1.02. The predicted octanol–water partition coefficient (Wildman–Crippen LogP) is 2.10. The van der Waals surface area contributed by atoms with Gasteiger partial charge >= 0.3 is 5.97 Å². The molecule has 2 N–H and O–H groups in total. The standard InChI is InChI=1S/C15H22N2O3/c1-10-7-8-11(17(10)3)13(18)16-12-6-4-5-9-15(12,2)14(19)20/h7-8,12H,4-6,9H2,1-3H3,(H,16,18)(H,19,20). The van der Waals surface area contributed by atoms with Gasteiger partial charge in [-0.3, -0.25) is 9.59 Å². The second kappa shape index (κ2) is 5.31. The third-order valence-corrected chi connectivity index (χ3v) is 4.61. The molecule has 1 amide bonds. The van der Waals surface area contributed by atoms with Crippen molar-refractivity contribution in [3.05, 3.63) is 23.5 Å². The lowest BCUT2D eigenvalue weighted by atomic mass is 9.71. The van der Waals surface area contributed by atoms with Crippen molar-refractivity contribution in [2.75, 3.05) is 0 Å². The van der Waals surface area contributed by atoms with Crippen molar-refractivity contribution in [2.45, 2.75) is 45.6 Å². The van der Waals surface area contributed by atoms with E-state index in [1.165, 1.54) is 0 Å². The van der Waals surface area contributed by atoms with Crippen LogP contribution in [0, 0.1) is 12.3 Å². The first-order valence-electron chi connectivity index (χ1n) is 7.03. The number of aliphatic carboxylic acids is 1. The van der Waals surface area contributed by atoms with Crippen LogP contribution in [0.3, 0.4) is 0 Å². The van der Waals surface area contributed by atoms with E-state index in [1.807, 2.05) is 24.6 Å². The predicted molar refractivity (Wildman–Crippen MR) is 75.6 cm³/mol. The number of aromatic nitrogens is 1. The number of carboxylic acid groups (broad SMARTS) is 1. The second-order valence-corrected chi connectivity index (χ2v) is 5.91. The van der Waals surface area contributed by atoms with Crippen molar-refractivity contribution in [2.24, 2.45) is 12.5 Å². The average molecular weight is 278 g/mol. The van der Waals surface area contributed by atoms with Crippen LogP contribution in [-0.2, 0) is 11.8 Å². The molecule has 1 heterocycles. The summed E-state index contributed by atoms with van der Waals surface area (Å²) in [5.41, 5.74) is 0.703. The number of carboxylic acids is 1. The molecule has 2 atom stereocenters. The van der Waals surface area contributed by atoms with Crippen molar-refractivity contribution >= 4 is 11.9 Å². The Labute approximate surface area is 119 Å². The molecule has 5 nitrogen and oxygen atoms in total. The highest BCUT2D eigenvalue weighted by molar-refractivity contribution is 5.93. The number of aryl methyl sites for hydroxylation is 1. The van der Waals surface area contributed by atoms with Crippen LogP contribution < -0.4 is 5.32 Å². The quantitative estimate of drug-likeness (QED) is 0.889. The highest BCUT2D eigenvalue weighted by Gasteiger charge is 2.44. The van der Waals surface area contributed by atoms with Crippen LogP contribution in [0.15, 0.2) is 12.1 Å². The first-order chi connectivity index (χ1) is 9.36. The van der Waals surface area contributed by atoms with Gasteiger partial charge in [0.25, 0.3) is 5.91 Å². The fraction of sp³-hybridized carbons (Fsp3) is 0.600. The maximum absolute atomic E-state index is 12.3. The maximum atomic E-state index is 12.3. The Morgan fingerprint density at radius 3 is 2.65 bits per heavy atom. The second-order valence-electron chi connectivity index (χ2n) is 5.91. The molecule has 1 saturated carbocycles. The van der Waals surface area contributed by atoms with E-state index in [4.69, 9.17) is 0 Å². The van der Waals surface area contributed by atoms with Crippen LogP contribution in [0.1, 0.15) is 48.8 Å². The first-order valence-corrected chi connectivity index (χ1v) is 7.03. The Morgan fingerprint density at radius 1 is 1.40 bits per heavy atom. The van der Waals surface area contributed by atoms with E-state index in [9.17, 15) is 14.7 Å². The molecule has 1 aliphatic rings. The van der Waals surface area contributed by atoms with E-state index in [0.717, 1.165) is 25.0 Å². The highest BCUT2D eigenvalue weighted by atomic mass is 16.4. The van der Waals surface area contributed by atoms with Gasteiger partial charge in [0, 0.05) is 18.8 Å². The van der Waals surface area contributed by atoms with Gasteiger partial charge < -0.3 is 15.0 Å². The van der Waals surface area contributed by atoms with Crippen molar-refractivity contribution in [3.63, 3.8) is 0 Å². The molecule has 2 rings (SSSR count). The molecule has 1 aromatic heterocycles. The van der Waals surface area contributed by atoms with Crippen LogP contribution in [-0.4, -0.2) is 27.6 Å². The molecule has 0 aliphatic heterocycles. The molecule has 0 spiro atoms. The summed E-state index contributed by atoms with van der Waals surface area (Å²) in [6, 6.07) is 3.34. The topological polar surface area (TPSA) is 71.3 Å². The van der Waals surface area contributed by atoms with E-state index >= 15 is 0 Å². The average Bonchev–Trinajstić information content (AvgIpc) is 2.73. The van der Waals surface area contributed by atoms with Gasteiger partial charge in [-0.05, 0) is 38.8 Å². The van der Waals surface area contributed by atoms with E-state index in [1.54, 1.807) is 13.0 Å². The lowest BCUT2D eigenvalue weighted by Crippen LogP contribution is -2.52. The number of carbonyl (C=O) groups is 2. The Kier molecular flexibility index (Phi) is 3.88. The van der Waals surface area contributed by atoms with E-state index < -0.39 is 11.4 Å². The molecule has 5 heteroatoms. The number of carbonyl (C=O) groups excluding carboxylic acids is 1. The van der Waals surface area contributed by atoms with Crippen molar-refractivity contribution in [1.82, 2.24) is 9.88 Å². The zero-order valence-corrected chi connectivity index (χ0v) is 12.3. The van der Waals surface area contributed by atoms with E-state index in [2.05, 4.69) is 5.32 Å². The Balaban J connectivity index is 2.17. The molecule has 20 heavy (non-hydrogen) atoms. The van der Waals surface area contributed by atoms with Gasteiger partial charge in [0.05, 0.1) is 5.41 Å². The molecular formula is C15H22N2O3. The molecular weight excluding hydrogens is 256 g/mol. The molecule has 0 bridgehead atoms. The normalized spacial score (nSPS) is 26.2. The molecule has 0 aromatic carbocycles. The highest BCUT2D eigenvalue weighted by Crippen LogP contribution is 2.36. The summed E-state index contributed by atoms with van der Waals surface area (Å²) in [4.78, 5) is 23.9. The van der Waals surface area contributed by atoms with Gasteiger partial charge in [-0.15, -0.1) is 0 Å². The lowest BCUT2D eigenvalue weighted by molar-refractivity contribution is -0.151. The molecule has 2 unspecified atom stereocenters. The summed E-state index contributed by atoms with van der Waals surface area (Å²) in [6.45, 7) is 3.66. The van der Waals surface area contributed by atoms with Gasteiger partial charge in [0.15, 0.2) is 0 Å². The smallest absolute Gasteiger partial charge is 0.311 e. The number of hydrogen-bond acceptors (Lipinski definition) is 2. The largest absolute Gasteiger partial charge is 0.481 e. The van der Waals surface area contributed by atoms with Crippen LogP contribution in [0.2, 0.25) is 0 Å². The molecule has 1 aromatic rings. The van der Waals surface area contributed by atoms with Crippen LogP contribution >= 0.6 is 0 Å². The number of rotatable bonds is 3. The minimum absolute atomic E-state index is 0.194. The van der Waals surface area contributed by atoms with Crippen LogP contribution in [0.25, 0.3) is 0 Å². The van der Waals surface area contributed by atoms with Gasteiger partial charge in [-0.25, -0.2) is 0 Å². The monoisotopic (exact) mass is 278 g/mol. The molecule has 110 valence electrons. The van der Waals surface area contributed by atoms with Gasteiger partial charge in [0.2, 0.25) is 0 Å². The van der Waals surface area contributed by atoms with Gasteiger partial charge in [-0.2, -0.15) is 0 Å². The maximum Gasteiger partial charge on any atom is 0.311 e. The van der Waals surface area contributed by atoms with E-state index in [-0.39, 0.29) is 11.9 Å². The van der Waals surface area contributed by atoms with E-state index in [0.29, 0.717) is 12.1 Å². The summed E-state index contributed by atoms with van der Waals surface area (Å²) >= 11 is 0. The van der Waals surface area contributed by atoms with Gasteiger partial charge in [-0.1, -0.05) is 12.8 Å². The minimum atomic E-state index is -0.867. The number of nitrogens with zero attached hydrogens (tertiary/aromatic N) is 1. The lowest BCUT2D eigenvalue weighted by Gasteiger charge is -2.38. The molecule has 0 saturated heterocycles. The van der Waals surface area contributed by atoms with Crippen molar-refractivity contribution in [3.8, 4) is 0 Å². The zero-order valence-electron chi connectivity index (χ0n) is 12.3. The summed E-state index contributed by atoms with van der Waals surface area (Å²) < 4.78 is 1.82. The summed E-state index contributed by atoms with van der Waals surface area (Å²) in [6.07, 6.45) is 3.19. The Hall–Kier alpha value is -1.78. The van der Waals surface area contributed by atoms with Crippen molar-refractivity contribution in [1.29, 1.82) is 0 Å². The summed E-state index contributed by atoms with van der Waals surface area (Å²) in [5, 5.41) is 12.4. The van der Waals surface area contributed by atoms with Crippen LogP contribution in [0.4, 0.5) is 0 Å². The van der Waals surface area contributed by atoms with Crippen molar-refractivity contribution < 1.29 is 14.7 Å². The van der Waals surface area contributed by atoms with Gasteiger partial charge in [0.1, 0.15) is 5.69 Å². The molecule has 0 radical (unpaired) electrons. The Bertz CT molecular complexity index is 535. The number of nitrogens with one attached hydrogen (secondary N) is 1. The third-order valence-electron chi connectivity index (χ3n) is 4.61. The minimum Gasteiger partial charge on any atom is -0.481 e. The fourth-order valence-corrected chi connectivity index (χ4v) is 2.89. The summed E-state index contributed by atoms with van der Waals surface area (Å²) in [7, 11) is 1.83. The molecule has 1 aliphatic carbocycles.